The van der Waals surface area contributed by atoms with E-state index in [1.54, 1.807) is 0 Å². The van der Waals surface area contributed by atoms with Crippen LogP contribution in [0.4, 0.5) is 0 Å². The number of carboxylic acid groups (broad SMARTS) is 1. The van der Waals surface area contributed by atoms with Crippen LogP contribution in [0.15, 0.2) is 0 Å². The molecule has 82 valence electrons. The molecule has 0 aromatic heterocycles. The zero-order chi connectivity index (χ0) is 9.40. The second-order valence-electron chi connectivity index (χ2n) is 3.51. The molecular weight excluding hydrogens is 260 g/mol. The van der Waals surface area contributed by atoms with Gasteiger partial charge in [-0.05, 0) is 18.8 Å². The van der Waals surface area contributed by atoms with Gasteiger partial charge in [0.25, 0.3) is 0 Å². The molecule has 13 heavy (non-hydrogen) atoms. The van der Waals surface area contributed by atoms with Gasteiger partial charge in [0, 0.05) is 5.97 Å². The van der Waals surface area contributed by atoms with Gasteiger partial charge in [0.2, 0.25) is 0 Å². The van der Waals surface area contributed by atoms with Crippen LogP contribution < -0.4 is 5.11 Å². The summed E-state index contributed by atoms with van der Waals surface area (Å²) in [4.78, 5) is 10.1. The summed E-state index contributed by atoms with van der Waals surface area (Å²) in [5.74, 6) is -0.248. The molecule has 0 aliphatic rings. The molecular formula is C10H19AgO2. The molecule has 0 saturated heterocycles. The number of aliphatic carboxylic acids is 1. The first-order chi connectivity index (χ1) is 5.66. The Morgan fingerprint density at radius 2 is 1.85 bits per heavy atom. The van der Waals surface area contributed by atoms with Gasteiger partial charge in [-0.15, -0.1) is 0 Å². The molecule has 0 heterocycles. The quantitative estimate of drug-likeness (QED) is 0.666. The van der Waals surface area contributed by atoms with E-state index in [4.69, 9.17) is 0 Å². The third kappa shape index (κ3) is 12.2. The van der Waals surface area contributed by atoms with Gasteiger partial charge in [0.05, 0.1) is 0 Å². The van der Waals surface area contributed by atoms with Crippen LogP contribution in [-0.4, -0.2) is 5.97 Å². The monoisotopic (exact) mass is 278 g/mol. The van der Waals surface area contributed by atoms with E-state index in [9.17, 15) is 9.90 Å². The Hall–Kier alpha value is 0.210. The van der Waals surface area contributed by atoms with E-state index in [2.05, 4.69) is 13.8 Å². The fourth-order valence-electron chi connectivity index (χ4n) is 1.29. The number of carbonyl (C=O) groups excluding carboxylic acids is 1. The molecule has 0 spiro atoms. The molecule has 0 aliphatic carbocycles. The number of rotatable bonds is 7. The maximum absolute atomic E-state index is 10.1. The minimum absolute atomic E-state index is 0. The molecule has 0 bridgehead atoms. The van der Waals surface area contributed by atoms with Gasteiger partial charge >= 0.3 is 22.4 Å². The Bertz CT molecular complexity index is 126. The molecule has 0 fully saturated rings. The summed E-state index contributed by atoms with van der Waals surface area (Å²) in [5, 5.41) is 10.1. The van der Waals surface area contributed by atoms with Gasteiger partial charge < -0.3 is 9.90 Å². The summed E-state index contributed by atoms with van der Waals surface area (Å²) in [6, 6.07) is 0. The van der Waals surface area contributed by atoms with Crippen molar-refractivity contribution in [2.45, 2.75) is 52.4 Å². The second kappa shape index (κ2) is 10.3. The Kier molecular flexibility index (Phi) is 12.4. The van der Waals surface area contributed by atoms with Crippen molar-refractivity contribution in [1.82, 2.24) is 0 Å². The van der Waals surface area contributed by atoms with Crippen LogP contribution in [0.25, 0.3) is 0 Å². The van der Waals surface area contributed by atoms with Crippen LogP contribution >= 0.6 is 0 Å². The van der Waals surface area contributed by atoms with Crippen molar-refractivity contribution >= 4 is 5.97 Å². The van der Waals surface area contributed by atoms with Crippen molar-refractivity contribution in [2.24, 2.45) is 5.92 Å². The standard InChI is InChI=1S/C10H20O2.Ag/c1-3-4-6-9(2)7-5-8-10(11)12;/h9H,3-8H2,1-2H3,(H,11,12);/q;+1/p-1. The minimum Gasteiger partial charge on any atom is -0.550 e. The second-order valence-corrected chi connectivity index (χ2v) is 3.51. The predicted octanol–water partition coefficient (Wildman–Crippen LogP) is 1.73. The van der Waals surface area contributed by atoms with E-state index < -0.39 is 5.97 Å². The topological polar surface area (TPSA) is 40.1 Å². The van der Waals surface area contributed by atoms with Crippen LogP contribution in [0.5, 0.6) is 0 Å². The van der Waals surface area contributed by atoms with E-state index in [0.717, 1.165) is 12.8 Å². The summed E-state index contributed by atoms with van der Waals surface area (Å²) >= 11 is 0. The fourth-order valence-corrected chi connectivity index (χ4v) is 1.29. The average molecular weight is 279 g/mol. The largest absolute Gasteiger partial charge is 1.00 e. The number of carbonyl (C=O) groups is 1. The van der Waals surface area contributed by atoms with Crippen molar-refractivity contribution in [2.75, 3.05) is 0 Å². The Morgan fingerprint density at radius 3 is 2.31 bits per heavy atom. The molecule has 0 saturated carbocycles. The van der Waals surface area contributed by atoms with Gasteiger partial charge in [-0.1, -0.05) is 39.5 Å². The van der Waals surface area contributed by atoms with Crippen molar-refractivity contribution in [1.29, 1.82) is 0 Å². The molecule has 0 aromatic carbocycles. The van der Waals surface area contributed by atoms with Gasteiger partial charge in [0.1, 0.15) is 0 Å². The molecule has 0 aromatic rings. The SMILES string of the molecule is CCCCC(C)CCCC(=O)[O-].[Ag+]. The molecule has 0 rings (SSSR count). The van der Waals surface area contributed by atoms with Crippen LogP contribution in [0.3, 0.4) is 0 Å². The van der Waals surface area contributed by atoms with Crippen molar-refractivity contribution in [3.8, 4) is 0 Å². The maximum Gasteiger partial charge on any atom is 1.00 e. The van der Waals surface area contributed by atoms with Crippen molar-refractivity contribution in [3.63, 3.8) is 0 Å². The van der Waals surface area contributed by atoms with E-state index in [1.807, 2.05) is 0 Å². The molecule has 0 aliphatic heterocycles. The number of unbranched alkanes of at least 4 members (excludes halogenated alkanes) is 1. The first-order valence-corrected chi connectivity index (χ1v) is 4.86. The van der Waals surface area contributed by atoms with Gasteiger partial charge in [-0.3, -0.25) is 0 Å². The third-order valence-corrected chi connectivity index (χ3v) is 2.13. The van der Waals surface area contributed by atoms with Gasteiger partial charge in [0.15, 0.2) is 0 Å². The van der Waals surface area contributed by atoms with Crippen molar-refractivity contribution in [3.05, 3.63) is 0 Å². The van der Waals surface area contributed by atoms with Crippen LogP contribution in [0, 0.1) is 5.92 Å². The minimum atomic E-state index is -0.919. The van der Waals surface area contributed by atoms with Crippen molar-refractivity contribution < 1.29 is 32.3 Å². The van der Waals surface area contributed by atoms with E-state index in [1.165, 1.54) is 19.3 Å². The first kappa shape index (κ1) is 15.7. The number of carboxylic acids is 1. The van der Waals surface area contributed by atoms with Gasteiger partial charge in [-0.25, -0.2) is 0 Å². The third-order valence-electron chi connectivity index (χ3n) is 2.13. The average Bonchev–Trinajstić information content (AvgIpc) is 2.00. The summed E-state index contributed by atoms with van der Waals surface area (Å²) in [5.41, 5.74) is 0. The number of hydrogen-bond acceptors (Lipinski definition) is 2. The maximum atomic E-state index is 10.1. The molecule has 0 amide bonds. The molecule has 0 N–H and O–H groups in total. The van der Waals surface area contributed by atoms with Crippen LogP contribution in [0.2, 0.25) is 0 Å². The van der Waals surface area contributed by atoms with Crippen LogP contribution in [0.1, 0.15) is 52.4 Å². The zero-order valence-corrected chi connectivity index (χ0v) is 9.92. The fraction of sp³-hybridized carbons (Fsp3) is 0.900. The molecule has 3 heteroatoms. The molecule has 2 nitrogen and oxygen atoms in total. The molecule has 0 radical (unpaired) electrons. The smallest absolute Gasteiger partial charge is 0.550 e. The Balaban J connectivity index is 0. The van der Waals surface area contributed by atoms with E-state index >= 15 is 0 Å². The van der Waals surface area contributed by atoms with E-state index in [0.29, 0.717) is 5.92 Å². The summed E-state index contributed by atoms with van der Waals surface area (Å²) < 4.78 is 0. The summed E-state index contributed by atoms with van der Waals surface area (Å²) in [7, 11) is 0. The molecule has 1 unspecified atom stereocenters. The summed E-state index contributed by atoms with van der Waals surface area (Å²) in [6.07, 6.45) is 5.72. The zero-order valence-electron chi connectivity index (χ0n) is 8.44. The Morgan fingerprint density at radius 1 is 1.31 bits per heavy atom. The van der Waals surface area contributed by atoms with E-state index in [-0.39, 0.29) is 28.8 Å². The first-order valence-electron chi connectivity index (χ1n) is 4.86. The molecule has 1 atom stereocenters. The van der Waals surface area contributed by atoms with Gasteiger partial charge in [-0.2, -0.15) is 0 Å². The van der Waals surface area contributed by atoms with Crippen LogP contribution in [-0.2, 0) is 27.2 Å². The normalized spacial score (nSPS) is 11.8. The number of hydrogen-bond donors (Lipinski definition) is 0. The predicted molar refractivity (Wildman–Crippen MR) is 47.5 cm³/mol. The Labute approximate surface area is 96.6 Å². The summed E-state index contributed by atoms with van der Waals surface area (Å²) in [6.45, 7) is 4.36.